The van der Waals surface area contributed by atoms with Crippen LogP contribution in [0.25, 0.3) is 0 Å². The Kier molecular flexibility index (Phi) is 6.07. The fourth-order valence-corrected chi connectivity index (χ4v) is 2.79. The molecule has 0 bridgehead atoms. The predicted octanol–water partition coefficient (Wildman–Crippen LogP) is 4.23. The summed E-state index contributed by atoms with van der Waals surface area (Å²) in [5.41, 5.74) is 1.14. The van der Waals surface area contributed by atoms with Crippen LogP contribution in [0.2, 0.25) is 5.02 Å². The Hall–Kier alpha value is -1.06. The molecule has 0 fully saturated rings. The number of aromatic nitrogens is 3. The number of rotatable bonds is 7. The second kappa shape index (κ2) is 7.81. The number of benzene rings is 1. The molecule has 1 aromatic heterocycles. The Labute approximate surface area is 136 Å². The number of halogens is 2. The van der Waals surface area contributed by atoms with Gasteiger partial charge in [0.25, 0.3) is 0 Å². The zero-order chi connectivity index (χ0) is 15.2. The third kappa shape index (κ3) is 4.72. The van der Waals surface area contributed by atoms with Gasteiger partial charge in [0, 0.05) is 23.9 Å². The van der Waals surface area contributed by atoms with Crippen LogP contribution in [0, 0.1) is 11.8 Å². The Morgan fingerprint density at radius 2 is 1.95 bits per heavy atom. The molecule has 5 heteroatoms. The summed E-state index contributed by atoms with van der Waals surface area (Å²) < 4.78 is 1.98. The SMILES string of the molecule is CC(C)Cn1ncnc1CC(CCl)Cc1ccccc1Cl. The van der Waals surface area contributed by atoms with Crippen LogP contribution in [-0.4, -0.2) is 20.6 Å². The Morgan fingerprint density at radius 1 is 1.19 bits per heavy atom. The van der Waals surface area contributed by atoms with E-state index in [-0.39, 0.29) is 0 Å². The molecule has 1 aromatic carbocycles. The van der Waals surface area contributed by atoms with Gasteiger partial charge in [-0.3, -0.25) is 0 Å². The molecule has 2 rings (SSSR count). The molecule has 0 radical (unpaired) electrons. The molecular weight excluding hydrogens is 305 g/mol. The molecule has 114 valence electrons. The van der Waals surface area contributed by atoms with Gasteiger partial charge in [-0.2, -0.15) is 5.10 Å². The monoisotopic (exact) mass is 325 g/mol. The average Bonchev–Trinajstić information content (AvgIpc) is 2.86. The quantitative estimate of drug-likeness (QED) is 0.713. The standard InChI is InChI=1S/C16H21Cl2N3/c1-12(2)10-21-16(19-11-20-21)8-13(9-17)7-14-5-3-4-6-15(14)18/h3-6,11-13H,7-10H2,1-2H3. The maximum absolute atomic E-state index is 6.23. The van der Waals surface area contributed by atoms with Crippen molar-refractivity contribution in [2.45, 2.75) is 33.2 Å². The zero-order valence-electron chi connectivity index (χ0n) is 12.5. The molecule has 0 aliphatic rings. The maximum atomic E-state index is 6.23. The lowest BCUT2D eigenvalue weighted by molar-refractivity contribution is 0.448. The van der Waals surface area contributed by atoms with E-state index in [4.69, 9.17) is 23.2 Å². The van der Waals surface area contributed by atoms with Crippen molar-refractivity contribution >= 4 is 23.2 Å². The molecule has 3 nitrogen and oxygen atoms in total. The summed E-state index contributed by atoms with van der Waals surface area (Å²) in [4.78, 5) is 4.38. The fourth-order valence-electron chi connectivity index (χ4n) is 2.36. The van der Waals surface area contributed by atoms with Crippen LogP contribution in [0.4, 0.5) is 0 Å². The highest BCUT2D eigenvalue weighted by Gasteiger charge is 2.15. The first-order valence-electron chi connectivity index (χ1n) is 7.26. The maximum Gasteiger partial charge on any atom is 0.138 e. The minimum absolute atomic E-state index is 0.307. The lowest BCUT2D eigenvalue weighted by atomic mass is 9.97. The van der Waals surface area contributed by atoms with Gasteiger partial charge in [0.1, 0.15) is 12.2 Å². The van der Waals surface area contributed by atoms with Crippen molar-refractivity contribution in [2.75, 3.05) is 5.88 Å². The molecule has 0 saturated heterocycles. The minimum Gasteiger partial charge on any atom is -0.250 e. The second-order valence-corrected chi connectivity index (χ2v) is 6.49. The number of hydrogen-bond acceptors (Lipinski definition) is 2. The van der Waals surface area contributed by atoms with Gasteiger partial charge in [-0.1, -0.05) is 43.6 Å². The summed E-state index contributed by atoms with van der Waals surface area (Å²) in [6.45, 7) is 5.24. The smallest absolute Gasteiger partial charge is 0.138 e. The van der Waals surface area contributed by atoms with Crippen molar-refractivity contribution < 1.29 is 0 Å². The predicted molar refractivity (Wildman–Crippen MR) is 87.9 cm³/mol. The molecule has 0 amide bonds. The van der Waals surface area contributed by atoms with E-state index in [9.17, 15) is 0 Å². The van der Waals surface area contributed by atoms with E-state index in [0.29, 0.717) is 17.7 Å². The largest absolute Gasteiger partial charge is 0.250 e. The summed E-state index contributed by atoms with van der Waals surface area (Å²) in [5.74, 6) is 2.44. The molecule has 1 unspecified atom stereocenters. The van der Waals surface area contributed by atoms with Crippen molar-refractivity contribution in [2.24, 2.45) is 11.8 Å². The van der Waals surface area contributed by atoms with Crippen LogP contribution in [0.1, 0.15) is 25.2 Å². The van der Waals surface area contributed by atoms with Crippen molar-refractivity contribution in [3.05, 3.63) is 47.0 Å². The number of hydrogen-bond donors (Lipinski definition) is 0. The van der Waals surface area contributed by atoms with E-state index in [1.54, 1.807) is 6.33 Å². The summed E-state index contributed by atoms with van der Waals surface area (Å²) in [6, 6.07) is 7.93. The lowest BCUT2D eigenvalue weighted by Gasteiger charge is -2.15. The molecule has 21 heavy (non-hydrogen) atoms. The zero-order valence-corrected chi connectivity index (χ0v) is 14.0. The van der Waals surface area contributed by atoms with Crippen LogP contribution >= 0.6 is 23.2 Å². The van der Waals surface area contributed by atoms with Gasteiger partial charge in [0.05, 0.1) is 0 Å². The van der Waals surface area contributed by atoms with Gasteiger partial charge in [0.2, 0.25) is 0 Å². The molecular formula is C16H21Cl2N3. The molecule has 0 N–H and O–H groups in total. The normalized spacial score (nSPS) is 12.8. The first-order valence-corrected chi connectivity index (χ1v) is 8.17. The first-order chi connectivity index (χ1) is 10.1. The van der Waals surface area contributed by atoms with E-state index in [0.717, 1.165) is 35.8 Å². The van der Waals surface area contributed by atoms with Crippen molar-refractivity contribution in [1.29, 1.82) is 0 Å². The summed E-state index contributed by atoms with van der Waals surface area (Å²) >= 11 is 12.4. The first kappa shape index (κ1) is 16.3. The highest BCUT2D eigenvalue weighted by molar-refractivity contribution is 6.31. The molecule has 0 aliphatic heterocycles. The third-order valence-corrected chi connectivity index (χ3v) is 4.19. The summed E-state index contributed by atoms with van der Waals surface area (Å²) in [7, 11) is 0. The Morgan fingerprint density at radius 3 is 2.62 bits per heavy atom. The molecule has 0 aliphatic carbocycles. The summed E-state index contributed by atoms with van der Waals surface area (Å²) in [5, 5.41) is 5.11. The van der Waals surface area contributed by atoms with Gasteiger partial charge >= 0.3 is 0 Å². The van der Waals surface area contributed by atoms with Crippen LogP contribution in [-0.2, 0) is 19.4 Å². The van der Waals surface area contributed by atoms with Crippen LogP contribution < -0.4 is 0 Å². The topological polar surface area (TPSA) is 30.7 Å². The van der Waals surface area contributed by atoms with Crippen molar-refractivity contribution in [3.63, 3.8) is 0 Å². The van der Waals surface area contributed by atoms with E-state index >= 15 is 0 Å². The van der Waals surface area contributed by atoms with E-state index in [2.05, 4.69) is 30.0 Å². The molecule has 2 aromatic rings. The number of alkyl halides is 1. The second-order valence-electron chi connectivity index (χ2n) is 5.77. The molecule has 0 spiro atoms. The highest BCUT2D eigenvalue weighted by Crippen LogP contribution is 2.21. The Bertz CT molecular complexity index is 566. The van der Waals surface area contributed by atoms with Crippen molar-refractivity contribution in [3.8, 4) is 0 Å². The summed E-state index contributed by atoms with van der Waals surface area (Å²) in [6.07, 6.45) is 3.30. The van der Waals surface area contributed by atoms with Gasteiger partial charge < -0.3 is 0 Å². The van der Waals surface area contributed by atoms with Gasteiger partial charge in [0.15, 0.2) is 0 Å². The molecule has 0 saturated carbocycles. The highest BCUT2D eigenvalue weighted by atomic mass is 35.5. The Balaban J connectivity index is 2.06. The molecule has 1 heterocycles. The van der Waals surface area contributed by atoms with Gasteiger partial charge in [-0.05, 0) is 29.9 Å². The van der Waals surface area contributed by atoms with E-state index < -0.39 is 0 Å². The average molecular weight is 326 g/mol. The van der Waals surface area contributed by atoms with E-state index in [1.807, 2.05) is 22.9 Å². The van der Waals surface area contributed by atoms with Crippen LogP contribution in [0.3, 0.4) is 0 Å². The number of nitrogens with zero attached hydrogens (tertiary/aromatic N) is 3. The van der Waals surface area contributed by atoms with Gasteiger partial charge in [-0.15, -0.1) is 11.6 Å². The van der Waals surface area contributed by atoms with Gasteiger partial charge in [-0.25, -0.2) is 9.67 Å². The van der Waals surface area contributed by atoms with Crippen LogP contribution in [0.15, 0.2) is 30.6 Å². The molecule has 1 atom stereocenters. The lowest BCUT2D eigenvalue weighted by Crippen LogP contribution is -2.17. The van der Waals surface area contributed by atoms with E-state index in [1.165, 1.54) is 0 Å². The third-order valence-electron chi connectivity index (χ3n) is 3.39. The van der Waals surface area contributed by atoms with Crippen LogP contribution in [0.5, 0.6) is 0 Å². The van der Waals surface area contributed by atoms with Crippen molar-refractivity contribution in [1.82, 2.24) is 14.8 Å². The fraction of sp³-hybridized carbons (Fsp3) is 0.500. The minimum atomic E-state index is 0.307.